The van der Waals surface area contributed by atoms with E-state index in [2.05, 4.69) is 32.7 Å². The maximum atomic E-state index is 5.33. The third-order valence-electron chi connectivity index (χ3n) is 3.81. The molecule has 0 aliphatic heterocycles. The molecule has 2 N–H and O–H groups in total. The summed E-state index contributed by atoms with van der Waals surface area (Å²) in [6.07, 6.45) is 0. The molecule has 26 heavy (non-hydrogen) atoms. The van der Waals surface area contributed by atoms with Gasteiger partial charge in [-0.15, -0.1) is 0 Å². The van der Waals surface area contributed by atoms with Gasteiger partial charge in [-0.3, -0.25) is 0 Å². The Balaban J connectivity index is 1.75. The average molecular weight is 350 g/mol. The molecule has 6 nitrogen and oxygen atoms in total. The first-order valence-electron chi connectivity index (χ1n) is 8.30. The van der Waals surface area contributed by atoms with E-state index in [1.165, 1.54) is 5.56 Å². The minimum Gasteiger partial charge on any atom is -0.493 e. The number of benzene rings is 2. The summed E-state index contributed by atoms with van der Waals surface area (Å²) in [6, 6.07) is 17.7. The van der Waals surface area contributed by atoms with E-state index in [-0.39, 0.29) is 0 Å². The smallest absolute Gasteiger partial charge is 0.229 e. The van der Waals surface area contributed by atoms with Crippen LogP contribution in [0.15, 0.2) is 54.6 Å². The molecule has 0 aliphatic rings. The van der Waals surface area contributed by atoms with Crippen molar-refractivity contribution in [2.45, 2.75) is 13.5 Å². The predicted molar refractivity (Wildman–Crippen MR) is 103 cm³/mol. The lowest BCUT2D eigenvalue weighted by molar-refractivity contribution is 0.355. The average Bonchev–Trinajstić information content (AvgIpc) is 2.66. The second kappa shape index (κ2) is 8.20. The second-order valence-electron chi connectivity index (χ2n) is 5.75. The summed E-state index contributed by atoms with van der Waals surface area (Å²) < 4.78 is 10.6. The molecule has 0 saturated carbocycles. The fraction of sp³-hybridized carbons (Fsp3) is 0.200. The van der Waals surface area contributed by atoms with Gasteiger partial charge in [-0.05, 0) is 24.6 Å². The predicted octanol–water partition coefficient (Wildman–Crippen LogP) is 4.16. The first kappa shape index (κ1) is 17.5. The van der Waals surface area contributed by atoms with Gasteiger partial charge in [-0.2, -0.15) is 4.98 Å². The molecular formula is C20H22N4O2. The Bertz CT molecular complexity index is 869. The molecule has 0 fully saturated rings. The molecule has 0 radical (unpaired) electrons. The number of aryl methyl sites for hydroxylation is 1. The van der Waals surface area contributed by atoms with Crippen molar-refractivity contribution in [1.29, 1.82) is 0 Å². The number of aromatic nitrogens is 2. The van der Waals surface area contributed by atoms with Crippen molar-refractivity contribution in [3.63, 3.8) is 0 Å². The van der Waals surface area contributed by atoms with Gasteiger partial charge in [0.1, 0.15) is 5.82 Å². The number of methoxy groups -OCH3 is 2. The Morgan fingerprint density at radius 1 is 0.885 bits per heavy atom. The fourth-order valence-corrected chi connectivity index (χ4v) is 2.55. The van der Waals surface area contributed by atoms with Crippen LogP contribution in [0.4, 0.5) is 17.5 Å². The van der Waals surface area contributed by atoms with Crippen molar-refractivity contribution in [3.8, 4) is 11.5 Å². The molecule has 0 atom stereocenters. The zero-order valence-corrected chi connectivity index (χ0v) is 15.1. The summed E-state index contributed by atoms with van der Waals surface area (Å²) in [5.41, 5.74) is 2.89. The van der Waals surface area contributed by atoms with Gasteiger partial charge in [0.05, 0.1) is 14.2 Å². The zero-order valence-electron chi connectivity index (χ0n) is 15.1. The molecule has 0 spiro atoms. The topological polar surface area (TPSA) is 68.3 Å². The van der Waals surface area contributed by atoms with E-state index in [1.807, 2.05) is 49.4 Å². The van der Waals surface area contributed by atoms with Gasteiger partial charge in [0.25, 0.3) is 0 Å². The number of ether oxygens (including phenoxy) is 2. The maximum Gasteiger partial charge on any atom is 0.229 e. The molecule has 0 unspecified atom stereocenters. The molecule has 6 heteroatoms. The van der Waals surface area contributed by atoms with Crippen molar-refractivity contribution in [1.82, 2.24) is 9.97 Å². The van der Waals surface area contributed by atoms with Gasteiger partial charge in [-0.1, -0.05) is 30.3 Å². The Morgan fingerprint density at radius 3 is 2.38 bits per heavy atom. The van der Waals surface area contributed by atoms with Crippen molar-refractivity contribution in [2.24, 2.45) is 0 Å². The van der Waals surface area contributed by atoms with Crippen molar-refractivity contribution in [2.75, 3.05) is 24.9 Å². The molecule has 0 saturated heterocycles. The number of nitrogens with one attached hydrogen (secondary N) is 2. The monoisotopic (exact) mass is 350 g/mol. The van der Waals surface area contributed by atoms with E-state index in [0.717, 1.165) is 17.2 Å². The van der Waals surface area contributed by atoms with E-state index in [1.54, 1.807) is 14.2 Å². The SMILES string of the molecule is COc1ccc(Nc2nc(C)cc(NCc3ccccc3)n2)cc1OC. The summed E-state index contributed by atoms with van der Waals surface area (Å²) in [4.78, 5) is 8.98. The molecule has 3 rings (SSSR count). The lowest BCUT2D eigenvalue weighted by atomic mass is 10.2. The van der Waals surface area contributed by atoms with Crippen LogP contribution in [0, 0.1) is 6.92 Å². The lowest BCUT2D eigenvalue weighted by Crippen LogP contribution is -2.05. The maximum absolute atomic E-state index is 5.33. The van der Waals surface area contributed by atoms with Crippen LogP contribution in [-0.4, -0.2) is 24.2 Å². The second-order valence-corrected chi connectivity index (χ2v) is 5.75. The van der Waals surface area contributed by atoms with Crippen LogP contribution in [0.2, 0.25) is 0 Å². The Kier molecular flexibility index (Phi) is 5.53. The standard InChI is InChI=1S/C20H22N4O2/c1-14-11-19(21-13-15-7-5-4-6-8-15)24-20(22-14)23-16-9-10-17(25-2)18(12-16)26-3/h4-12H,13H2,1-3H3,(H2,21,22,23,24). The van der Waals surface area contributed by atoms with Crippen LogP contribution < -0.4 is 20.1 Å². The summed E-state index contributed by atoms with van der Waals surface area (Å²) in [5.74, 6) is 2.61. The van der Waals surface area contributed by atoms with Crippen LogP contribution in [-0.2, 0) is 6.54 Å². The van der Waals surface area contributed by atoms with Gasteiger partial charge < -0.3 is 20.1 Å². The molecule has 0 amide bonds. The van der Waals surface area contributed by atoms with Crippen molar-refractivity contribution >= 4 is 17.5 Å². The normalized spacial score (nSPS) is 10.3. The van der Waals surface area contributed by atoms with Crippen LogP contribution >= 0.6 is 0 Å². The fourth-order valence-electron chi connectivity index (χ4n) is 2.55. The third kappa shape index (κ3) is 4.42. The van der Waals surface area contributed by atoms with E-state index >= 15 is 0 Å². The van der Waals surface area contributed by atoms with Crippen molar-refractivity contribution in [3.05, 3.63) is 65.9 Å². The van der Waals surface area contributed by atoms with Crippen LogP contribution in [0.25, 0.3) is 0 Å². The highest BCUT2D eigenvalue weighted by atomic mass is 16.5. The van der Waals surface area contributed by atoms with Crippen molar-refractivity contribution < 1.29 is 9.47 Å². The first-order chi connectivity index (χ1) is 12.7. The molecule has 1 aromatic heterocycles. The summed E-state index contributed by atoms with van der Waals surface area (Å²) in [6.45, 7) is 2.64. The highest BCUT2D eigenvalue weighted by molar-refractivity contribution is 5.60. The summed E-state index contributed by atoms with van der Waals surface area (Å²) in [5, 5.41) is 6.54. The highest BCUT2D eigenvalue weighted by Crippen LogP contribution is 2.30. The highest BCUT2D eigenvalue weighted by Gasteiger charge is 2.07. The Hall–Kier alpha value is -3.28. The number of rotatable bonds is 7. The van der Waals surface area contributed by atoms with Gasteiger partial charge in [0.15, 0.2) is 11.5 Å². The summed E-state index contributed by atoms with van der Waals surface area (Å²) >= 11 is 0. The molecule has 0 bridgehead atoms. The number of hydrogen-bond acceptors (Lipinski definition) is 6. The van der Waals surface area contributed by atoms with Crippen LogP contribution in [0.1, 0.15) is 11.3 Å². The molecular weight excluding hydrogens is 328 g/mol. The molecule has 1 heterocycles. The number of hydrogen-bond donors (Lipinski definition) is 2. The quantitative estimate of drug-likeness (QED) is 0.667. The molecule has 2 aromatic carbocycles. The minimum atomic E-state index is 0.521. The molecule has 3 aromatic rings. The van der Waals surface area contributed by atoms with Gasteiger partial charge in [0, 0.05) is 30.1 Å². The van der Waals surface area contributed by atoms with Gasteiger partial charge in [0.2, 0.25) is 5.95 Å². The van der Waals surface area contributed by atoms with Crippen LogP contribution in [0.3, 0.4) is 0 Å². The first-order valence-corrected chi connectivity index (χ1v) is 8.30. The third-order valence-corrected chi connectivity index (χ3v) is 3.81. The number of anilines is 3. The van der Waals surface area contributed by atoms with Gasteiger partial charge in [-0.25, -0.2) is 4.98 Å². The molecule has 0 aliphatic carbocycles. The van der Waals surface area contributed by atoms with E-state index in [9.17, 15) is 0 Å². The molecule has 134 valence electrons. The minimum absolute atomic E-state index is 0.521. The Labute approximate surface area is 153 Å². The van der Waals surface area contributed by atoms with Gasteiger partial charge >= 0.3 is 0 Å². The zero-order chi connectivity index (χ0) is 18.4. The number of nitrogens with zero attached hydrogens (tertiary/aromatic N) is 2. The van der Waals surface area contributed by atoms with E-state index in [4.69, 9.17) is 9.47 Å². The van der Waals surface area contributed by atoms with Crippen LogP contribution in [0.5, 0.6) is 11.5 Å². The van der Waals surface area contributed by atoms with E-state index < -0.39 is 0 Å². The largest absolute Gasteiger partial charge is 0.493 e. The van der Waals surface area contributed by atoms with E-state index in [0.29, 0.717) is 24.0 Å². The Morgan fingerprint density at radius 2 is 1.65 bits per heavy atom. The summed E-state index contributed by atoms with van der Waals surface area (Å²) in [7, 11) is 3.22. The lowest BCUT2D eigenvalue weighted by Gasteiger charge is -2.12.